The second kappa shape index (κ2) is 8.08. The van der Waals surface area contributed by atoms with Crippen LogP contribution in [-0.4, -0.2) is 19.3 Å². The number of amides is 1. The molecule has 146 valence electrons. The third-order valence-corrected chi connectivity index (χ3v) is 6.99. The van der Waals surface area contributed by atoms with E-state index in [0.717, 1.165) is 16.9 Å². The predicted octanol–water partition coefficient (Wildman–Crippen LogP) is 5.12. The van der Waals surface area contributed by atoms with Crippen molar-refractivity contribution in [1.82, 2.24) is 4.98 Å². The van der Waals surface area contributed by atoms with Gasteiger partial charge in [0.2, 0.25) is 0 Å². The number of benzene rings is 2. The molecule has 3 rings (SSSR count). The molecule has 0 saturated carbocycles. The lowest BCUT2D eigenvalue weighted by molar-refractivity contribution is 0.103. The van der Waals surface area contributed by atoms with Crippen molar-refractivity contribution in [3.63, 3.8) is 0 Å². The summed E-state index contributed by atoms with van der Waals surface area (Å²) >= 11 is 12.8. The number of hydrogen-bond acceptors (Lipinski definition) is 5. The molecule has 0 bridgehead atoms. The fourth-order valence-electron chi connectivity index (χ4n) is 2.30. The topological polar surface area (TPSA) is 88.2 Å². The molecule has 0 unspecified atom stereocenters. The molecule has 1 heterocycles. The maximum Gasteiger partial charge on any atom is 0.267 e. The average Bonchev–Trinajstić information content (AvgIpc) is 2.98. The zero-order valence-corrected chi connectivity index (χ0v) is 17.9. The molecule has 2 N–H and O–H groups in total. The van der Waals surface area contributed by atoms with Crippen molar-refractivity contribution in [2.45, 2.75) is 18.7 Å². The fraction of sp³-hybridized carbons (Fsp3) is 0.111. The van der Waals surface area contributed by atoms with Gasteiger partial charge in [0.15, 0.2) is 5.13 Å². The molecule has 0 saturated heterocycles. The first kappa shape index (κ1) is 20.6. The molecule has 10 heteroatoms. The van der Waals surface area contributed by atoms with Gasteiger partial charge in [0.1, 0.15) is 4.88 Å². The number of rotatable bonds is 5. The predicted molar refractivity (Wildman–Crippen MR) is 113 cm³/mol. The Labute approximate surface area is 176 Å². The van der Waals surface area contributed by atoms with E-state index in [1.807, 2.05) is 6.92 Å². The van der Waals surface area contributed by atoms with Gasteiger partial charge in [-0.05, 0) is 55.8 Å². The number of aromatic nitrogens is 1. The van der Waals surface area contributed by atoms with Gasteiger partial charge in [-0.25, -0.2) is 13.4 Å². The lowest BCUT2D eigenvalue weighted by Crippen LogP contribution is -2.12. The van der Waals surface area contributed by atoms with Gasteiger partial charge in [-0.2, -0.15) is 0 Å². The van der Waals surface area contributed by atoms with Gasteiger partial charge in [-0.3, -0.25) is 9.52 Å². The third-order valence-electron chi connectivity index (χ3n) is 3.78. The Morgan fingerprint density at radius 1 is 1.07 bits per heavy atom. The minimum atomic E-state index is -3.84. The van der Waals surface area contributed by atoms with Gasteiger partial charge in [-0.15, -0.1) is 0 Å². The van der Waals surface area contributed by atoms with Crippen LogP contribution in [0.5, 0.6) is 0 Å². The summed E-state index contributed by atoms with van der Waals surface area (Å²) in [5.74, 6) is -0.396. The van der Waals surface area contributed by atoms with Crippen LogP contribution in [-0.2, 0) is 10.0 Å². The molecule has 28 heavy (non-hydrogen) atoms. The fourth-order valence-corrected chi connectivity index (χ4v) is 4.70. The lowest BCUT2D eigenvalue weighted by atomic mass is 10.2. The lowest BCUT2D eigenvalue weighted by Gasteiger charge is -2.06. The minimum absolute atomic E-state index is 0.0463. The highest BCUT2D eigenvalue weighted by atomic mass is 35.5. The van der Waals surface area contributed by atoms with E-state index in [2.05, 4.69) is 15.0 Å². The summed E-state index contributed by atoms with van der Waals surface area (Å²) in [6, 6.07) is 10.9. The molecule has 1 amide bonds. The molecule has 0 aliphatic carbocycles. The van der Waals surface area contributed by atoms with Crippen LogP contribution in [0.25, 0.3) is 0 Å². The smallest absolute Gasteiger partial charge is 0.267 e. The Bertz CT molecular complexity index is 1140. The van der Waals surface area contributed by atoms with Crippen LogP contribution < -0.4 is 10.0 Å². The molecule has 3 aromatic rings. The van der Waals surface area contributed by atoms with E-state index in [-0.39, 0.29) is 10.0 Å². The van der Waals surface area contributed by atoms with E-state index in [4.69, 9.17) is 23.2 Å². The quantitative estimate of drug-likeness (QED) is 0.558. The third kappa shape index (κ3) is 4.64. The molecule has 0 fully saturated rings. The number of anilines is 2. The van der Waals surface area contributed by atoms with Crippen LogP contribution in [0.3, 0.4) is 0 Å². The Kier molecular flexibility index (Phi) is 5.95. The summed E-state index contributed by atoms with van der Waals surface area (Å²) in [6.07, 6.45) is 0. The molecule has 2 aromatic carbocycles. The number of thiazole rings is 1. The number of halogens is 2. The molecule has 0 spiro atoms. The number of carbonyl (C=O) groups is 1. The summed E-state index contributed by atoms with van der Waals surface area (Å²) in [5.41, 5.74) is 1.85. The van der Waals surface area contributed by atoms with Crippen molar-refractivity contribution in [3.05, 3.63) is 68.6 Å². The summed E-state index contributed by atoms with van der Waals surface area (Å²) in [4.78, 5) is 17.0. The normalized spacial score (nSPS) is 11.3. The maximum atomic E-state index is 12.5. The van der Waals surface area contributed by atoms with Gasteiger partial charge in [0.25, 0.3) is 15.9 Å². The first-order valence-electron chi connectivity index (χ1n) is 7.99. The Balaban J connectivity index is 1.79. The van der Waals surface area contributed by atoms with Crippen molar-refractivity contribution >= 4 is 61.3 Å². The Hall–Kier alpha value is -2.13. The summed E-state index contributed by atoms with van der Waals surface area (Å²) in [5, 5.41) is 3.80. The van der Waals surface area contributed by atoms with Gasteiger partial charge >= 0.3 is 0 Å². The van der Waals surface area contributed by atoms with Crippen molar-refractivity contribution in [1.29, 1.82) is 0 Å². The SMILES string of the molecule is Cc1ccc(NC(=O)c2sc(NS(=O)(=O)c3ccc(Cl)cc3)nc2C)cc1Cl. The van der Waals surface area contributed by atoms with Gasteiger partial charge in [0.05, 0.1) is 10.6 Å². The van der Waals surface area contributed by atoms with E-state index in [1.54, 1.807) is 25.1 Å². The van der Waals surface area contributed by atoms with Gasteiger partial charge < -0.3 is 5.32 Å². The number of carbonyl (C=O) groups excluding carboxylic acids is 1. The molecular formula is C18H15Cl2N3O3S2. The molecule has 0 radical (unpaired) electrons. The van der Waals surface area contributed by atoms with Gasteiger partial charge in [0, 0.05) is 15.7 Å². The molecule has 0 atom stereocenters. The molecule has 6 nitrogen and oxygen atoms in total. The van der Waals surface area contributed by atoms with Crippen molar-refractivity contribution in [2.24, 2.45) is 0 Å². The van der Waals surface area contributed by atoms with E-state index in [0.29, 0.717) is 26.3 Å². The second-order valence-corrected chi connectivity index (χ2v) is 9.44. The Morgan fingerprint density at radius 2 is 1.75 bits per heavy atom. The van der Waals surface area contributed by atoms with Crippen LogP contribution in [0.1, 0.15) is 20.9 Å². The number of nitrogens with zero attached hydrogens (tertiary/aromatic N) is 1. The summed E-state index contributed by atoms with van der Waals surface area (Å²) < 4.78 is 27.3. The highest BCUT2D eigenvalue weighted by Crippen LogP contribution is 2.27. The highest BCUT2D eigenvalue weighted by molar-refractivity contribution is 7.93. The van der Waals surface area contributed by atoms with E-state index in [1.165, 1.54) is 24.3 Å². The first-order valence-corrected chi connectivity index (χ1v) is 11.0. The van der Waals surface area contributed by atoms with E-state index < -0.39 is 15.9 Å². The minimum Gasteiger partial charge on any atom is -0.321 e. The second-order valence-electron chi connectivity index (χ2n) is 5.91. The van der Waals surface area contributed by atoms with E-state index >= 15 is 0 Å². The summed E-state index contributed by atoms with van der Waals surface area (Å²) in [6.45, 7) is 3.49. The van der Waals surface area contributed by atoms with Crippen LogP contribution in [0.2, 0.25) is 10.0 Å². The first-order chi connectivity index (χ1) is 13.2. The van der Waals surface area contributed by atoms with E-state index in [9.17, 15) is 13.2 Å². The Morgan fingerprint density at radius 3 is 2.39 bits per heavy atom. The van der Waals surface area contributed by atoms with Crippen LogP contribution >= 0.6 is 34.5 Å². The molecular weight excluding hydrogens is 441 g/mol. The van der Waals surface area contributed by atoms with Crippen molar-refractivity contribution in [2.75, 3.05) is 10.0 Å². The van der Waals surface area contributed by atoms with Crippen molar-refractivity contribution in [3.8, 4) is 0 Å². The molecule has 0 aliphatic rings. The zero-order valence-electron chi connectivity index (χ0n) is 14.8. The maximum absolute atomic E-state index is 12.5. The number of sulfonamides is 1. The van der Waals surface area contributed by atoms with Crippen LogP contribution in [0, 0.1) is 13.8 Å². The largest absolute Gasteiger partial charge is 0.321 e. The number of aryl methyl sites for hydroxylation is 2. The standard InChI is InChI=1S/C18H15Cl2N3O3S2/c1-10-3-6-13(9-15(10)20)22-17(24)16-11(2)21-18(27-16)23-28(25,26)14-7-4-12(19)5-8-14/h3-9H,1-2H3,(H,21,23)(H,22,24). The number of hydrogen-bond donors (Lipinski definition) is 2. The zero-order chi connectivity index (χ0) is 20.5. The van der Waals surface area contributed by atoms with Crippen molar-refractivity contribution < 1.29 is 13.2 Å². The number of nitrogens with one attached hydrogen (secondary N) is 2. The van der Waals surface area contributed by atoms with Crippen LogP contribution in [0.4, 0.5) is 10.8 Å². The summed E-state index contributed by atoms with van der Waals surface area (Å²) in [7, 11) is -3.84. The highest BCUT2D eigenvalue weighted by Gasteiger charge is 2.20. The van der Waals surface area contributed by atoms with Crippen LogP contribution in [0.15, 0.2) is 47.4 Å². The van der Waals surface area contributed by atoms with Gasteiger partial charge in [-0.1, -0.05) is 40.6 Å². The monoisotopic (exact) mass is 455 g/mol. The molecule has 0 aliphatic heterocycles. The average molecular weight is 456 g/mol. The molecule has 1 aromatic heterocycles.